The van der Waals surface area contributed by atoms with Crippen LogP contribution in [-0.4, -0.2) is 6.54 Å². The first kappa shape index (κ1) is 11.4. The fourth-order valence-corrected chi connectivity index (χ4v) is 1.70. The first-order chi connectivity index (χ1) is 7.70. The van der Waals surface area contributed by atoms with Crippen LogP contribution < -0.4 is 11.5 Å². The van der Waals surface area contributed by atoms with E-state index in [2.05, 4.69) is 15.9 Å². The maximum absolute atomic E-state index is 5.78. The van der Waals surface area contributed by atoms with Crippen LogP contribution in [0.25, 0.3) is 11.3 Å². The molecule has 1 aromatic heterocycles. The fraction of sp³-hybridized carbons (Fsp3) is 0.167. The summed E-state index contributed by atoms with van der Waals surface area (Å²) in [5, 5.41) is 0. The normalized spacial score (nSPS) is 12.7. The largest absolute Gasteiger partial charge is 0.459 e. The minimum atomic E-state index is -0.232. The molecule has 0 fully saturated rings. The van der Waals surface area contributed by atoms with E-state index in [0.29, 0.717) is 6.54 Å². The molecule has 0 saturated heterocycles. The van der Waals surface area contributed by atoms with Crippen molar-refractivity contribution < 1.29 is 4.42 Å². The quantitative estimate of drug-likeness (QED) is 0.909. The van der Waals surface area contributed by atoms with Crippen molar-refractivity contribution in [1.82, 2.24) is 0 Å². The molecule has 0 spiro atoms. The molecular formula is C12H13BrN2O. The third-order valence-corrected chi connectivity index (χ3v) is 2.90. The van der Waals surface area contributed by atoms with Gasteiger partial charge in [-0.15, -0.1) is 0 Å². The first-order valence-corrected chi connectivity index (χ1v) is 5.81. The lowest BCUT2D eigenvalue weighted by molar-refractivity contribution is 0.480. The van der Waals surface area contributed by atoms with Crippen molar-refractivity contribution in [2.75, 3.05) is 6.54 Å². The van der Waals surface area contributed by atoms with Crippen LogP contribution in [-0.2, 0) is 0 Å². The van der Waals surface area contributed by atoms with Crippen LogP contribution in [0.1, 0.15) is 11.8 Å². The SMILES string of the molecule is NCC(N)c1ccc(-c2ccc(Br)cc2)o1. The van der Waals surface area contributed by atoms with E-state index in [1.807, 2.05) is 36.4 Å². The van der Waals surface area contributed by atoms with Gasteiger partial charge < -0.3 is 15.9 Å². The fourth-order valence-electron chi connectivity index (χ4n) is 1.44. The third-order valence-electron chi connectivity index (χ3n) is 2.37. The average molecular weight is 281 g/mol. The van der Waals surface area contributed by atoms with E-state index < -0.39 is 0 Å². The Morgan fingerprint density at radius 2 is 1.81 bits per heavy atom. The molecule has 2 aromatic rings. The molecular weight excluding hydrogens is 268 g/mol. The highest BCUT2D eigenvalue weighted by Crippen LogP contribution is 2.25. The standard InChI is InChI=1S/C12H13BrN2O/c13-9-3-1-8(2-4-9)11-5-6-12(16-11)10(15)7-14/h1-6,10H,7,14-15H2. The van der Waals surface area contributed by atoms with E-state index in [9.17, 15) is 0 Å². The van der Waals surface area contributed by atoms with E-state index in [-0.39, 0.29) is 6.04 Å². The summed E-state index contributed by atoms with van der Waals surface area (Å²) < 4.78 is 6.69. The van der Waals surface area contributed by atoms with Crippen LogP contribution in [0.2, 0.25) is 0 Å². The number of furan rings is 1. The van der Waals surface area contributed by atoms with Crippen LogP contribution >= 0.6 is 15.9 Å². The van der Waals surface area contributed by atoms with Crippen LogP contribution in [0.15, 0.2) is 45.3 Å². The zero-order valence-electron chi connectivity index (χ0n) is 8.69. The minimum Gasteiger partial charge on any atom is -0.459 e. The van der Waals surface area contributed by atoms with Crippen molar-refractivity contribution in [3.8, 4) is 11.3 Å². The van der Waals surface area contributed by atoms with Gasteiger partial charge in [-0.25, -0.2) is 0 Å². The summed E-state index contributed by atoms with van der Waals surface area (Å²) in [5.74, 6) is 1.53. The van der Waals surface area contributed by atoms with Crippen molar-refractivity contribution in [3.05, 3.63) is 46.6 Å². The Morgan fingerprint density at radius 1 is 1.12 bits per heavy atom. The minimum absolute atomic E-state index is 0.232. The molecule has 1 atom stereocenters. The van der Waals surface area contributed by atoms with Crippen molar-refractivity contribution in [2.45, 2.75) is 6.04 Å². The third kappa shape index (κ3) is 2.35. The van der Waals surface area contributed by atoms with Crippen LogP contribution in [0, 0.1) is 0 Å². The van der Waals surface area contributed by atoms with E-state index >= 15 is 0 Å². The van der Waals surface area contributed by atoms with E-state index in [1.54, 1.807) is 0 Å². The van der Waals surface area contributed by atoms with Crippen molar-refractivity contribution in [2.24, 2.45) is 11.5 Å². The highest BCUT2D eigenvalue weighted by atomic mass is 79.9. The van der Waals surface area contributed by atoms with Crippen molar-refractivity contribution in [1.29, 1.82) is 0 Å². The number of nitrogens with two attached hydrogens (primary N) is 2. The van der Waals surface area contributed by atoms with Crippen LogP contribution in [0.3, 0.4) is 0 Å². The summed E-state index contributed by atoms with van der Waals surface area (Å²) in [6.07, 6.45) is 0. The number of halogens is 1. The Labute approximate surface area is 103 Å². The molecule has 4 N–H and O–H groups in total. The number of rotatable bonds is 3. The van der Waals surface area contributed by atoms with E-state index in [1.165, 1.54) is 0 Å². The second-order valence-corrected chi connectivity index (χ2v) is 4.47. The second kappa shape index (κ2) is 4.82. The lowest BCUT2D eigenvalue weighted by Crippen LogP contribution is -2.19. The molecule has 1 unspecified atom stereocenters. The van der Waals surface area contributed by atoms with Crippen molar-refractivity contribution >= 4 is 15.9 Å². The van der Waals surface area contributed by atoms with Gasteiger partial charge in [-0.1, -0.05) is 28.1 Å². The highest BCUT2D eigenvalue weighted by molar-refractivity contribution is 9.10. The van der Waals surface area contributed by atoms with Gasteiger partial charge in [0.1, 0.15) is 11.5 Å². The molecule has 0 amide bonds. The van der Waals surface area contributed by atoms with E-state index in [0.717, 1.165) is 21.6 Å². The van der Waals surface area contributed by atoms with E-state index in [4.69, 9.17) is 15.9 Å². The molecule has 0 bridgehead atoms. The summed E-state index contributed by atoms with van der Waals surface area (Å²) in [4.78, 5) is 0. The van der Waals surface area contributed by atoms with Gasteiger partial charge in [-0.05, 0) is 24.3 Å². The van der Waals surface area contributed by atoms with Gasteiger partial charge in [0.05, 0.1) is 6.04 Å². The summed E-state index contributed by atoms with van der Waals surface area (Å²) >= 11 is 3.39. The molecule has 16 heavy (non-hydrogen) atoms. The average Bonchev–Trinajstić information content (AvgIpc) is 2.78. The monoisotopic (exact) mass is 280 g/mol. The summed E-state index contributed by atoms with van der Waals surface area (Å²) in [7, 11) is 0. The molecule has 0 aliphatic carbocycles. The highest BCUT2D eigenvalue weighted by Gasteiger charge is 2.10. The van der Waals surface area contributed by atoms with Crippen LogP contribution in [0.5, 0.6) is 0 Å². The van der Waals surface area contributed by atoms with Gasteiger partial charge in [0.25, 0.3) is 0 Å². The molecule has 1 aromatic carbocycles. The Hall–Kier alpha value is -1.10. The lowest BCUT2D eigenvalue weighted by atomic mass is 10.2. The van der Waals surface area contributed by atoms with Gasteiger partial charge in [0, 0.05) is 16.6 Å². The van der Waals surface area contributed by atoms with Gasteiger partial charge in [-0.2, -0.15) is 0 Å². The molecule has 0 aliphatic heterocycles. The lowest BCUT2D eigenvalue weighted by Gasteiger charge is -2.03. The Balaban J connectivity index is 2.28. The first-order valence-electron chi connectivity index (χ1n) is 5.02. The Kier molecular flexibility index (Phi) is 3.43. The number of hydrogen-bond donors (Lipinski definition) is 2. The Bertz CT molecular complexity index is 464. The Morgan fingerprint density at radius 3 is 2.44 bits per heavy atom. The summed E-state index contributed by atoms with van der Waals surface area (Å²) in [6, 6.07) is 11.5. The maximum Gasteiger partial charge on any atom is 0.134 e. The predicted molar refractivity (Wildman–Crippen MR) is 67.8 cm³/mol. The van der Waals surface area contributed by atoms with Gasteiger partial charge in [0.2, 0.25) is 0 Å². The molecule has 0 aliphatic rings. The number of benzene rings is 1. The summed E-state index contributed by atoms with van der Waals surface area (Å²) in [6.45, 7) is 0.382. The predicted octanol–water partition coefficient (Wildman–Crippen LogP) is 2.67. The number of hydrogen-bond acceptors (Lipinski definition) is 3. The van der Waals surface area contributed by atoms with Gasteiger partial charge >= 0.3 is 0 Å². The van der Waals surface area contributed by atoms with Gasteiger partial charge in [-0.3, -0.25) is 0 Å². The second-order valence-electron chi connectivity index (χ2n) is 3.55. The molecule has 0 saturated carbocycles. The maximum atomic E-state index is 5.78. The molecule has 84 valence electrons. The topological polar surface area (TPSA) is 65.2 Å². The van der Waals surface area contributed by atoms with Gasteiger partial charge in [0.15, 0.2) is 0 Å². The summed E-state index contributed by atoms with van der Waals surface area (Å²) in [5.41, 5.74) is 12.3. The zero-order valence-corrected chi connectivity index (χ0v) is 10.3. The molecule has 3 nitrogen and oxygen atoms in total. The molecule has 2 rings (SSSR count). The zero-order chi connectivity index (χ0) is 11.5. The smallest absolute Gasteiger partial charge is 0.134 e. The molecule has 1 heterocycles. The van der Waals surface area contributed by atoms with Crippen molar-refractivity contribution in [3.63, 3.8) is 0 Å². The molecule has 0 radical (unpaired) electrons. The molecule has 4 heteroatoms. The van der Waals surface area contributed by atoms with Crippen LogP contribution in [0.4, 0.5) is 0 Å².